The Balaban J connectivity index is 2.56. The highest BCUT2D eigenvalue weighted by atomic mass is 79.9. The molecule has 0 bridgehead atoms. The lowest BCUT2D eigenvalue weighted by atomic mass is 9.84. The fourth-order valence-corrected chi connectivity index (χ4v) is 4.03. The highest BCUT2D eigenvalue weighted by molar-refractivity contribution is 9.14. The van der Waals surface area contributed by atoms with E-state index in [1.165, 1.54) is 19.3 Å². The van der Waals surface area contributed by atoms with Gasteiger partial charge in [-0.3, -0.25) is 0 Å². The van der Waals surface area contributed by atoms with E-state index >= 15 is 0 Å². The molecule has 0 spiro atoms. The maximum atomic E-state index is 3.79. The Kier molecular flexibility index (Phi) is 3.92. The predicted molar refractivity (Wildman–Crippen MR) is 61.2 cm³/mol. The van der Waals surface area contributed by atoms with Crippen LogP contribution in [0.4, 0.5) is 0 Å². The Labute approximate surface area is 93.9 Å². The van der Waals surface area contributed by atoms with Crippen LogP contribution >= 0.6 is 47.8 Å². The van der Waals surface area contributed by atoms with Crippen LogP contribution in [0.2, 0.25) is 0 Å². The molecule has 0 aliphatic heterocycles. The average molecular weight is 349 g/mol. The molecule has 0 N–H and O–H groups in total. The first-order chi connectivity index (χ1) is 5.08. The Bertz CT molecular complexity index is 137. The van der Waals surface area contributed by atoms with Crippen LogP contribution in [0.1, 0.15) is 26.2 Å². The van der Waals surface area contributed by atoms with Crippen molar-refractivity contribution in [1.82, 2.24) is 0 Å². The first-order valence-corrected chi connectivity index (χ1v) is 6.80. The lowest BCUT2D eigenvalue weighted by Gasteiger charge is -2.37. The maximum Gasteiger partial charge on any atom is 0.0479 e. The monoisotopic (exact) mass is 346 g/mol. The lowest BCUT2D eigenvalue weighted by molar-refractivity contribution is 0.357. The maximum absolute atomic E-state index is 3.79. The van der Waals surface area contributed by atoms with Gasteiger partial charge in [0.2, 0.25) is 0 Å². The van der Waals surface area contributed by atoms with Crippen LogP contribution in [0.3, 0.4) is 0 Å². The summed E-state index contributed by atoms with van der Waals surface area (Å²) in [5.41, 5.74) is 0. The summed E-state index contributed by atoms with van der Waals surface area (Å²) in [7, 11) is 0. The zero-order valence-corrected chi connectivity index (χ0v) is 11.4. The Morgan fingerprint density at radius 1 is 1.55 bits per heavy atom. The van der Waals surface area contributed by atoms with E-state index in [4.69, 9.17) is 0 Å². The highest BCUT2D eigenvalue weighted by Crippen LogP contribution is 2.43. The van der Waals surface area contributed by atoms with Crippen molar-refractivity contribution in [3.63, 3.8) is 0 Å². The molecule has 3 atom stereocenters. The topological polar surface area (TPSA) is 0 Å². The van der Waals surface area contributed by atoms with Crippen molar-refractivity contribution in [2.24, 2.45) is 5.92 Å². The number of rotatable bonds is 1. The van der Waals surface area contributed by atoms with Crippen molar-refractivity contribution in [1.29, 1.82) is 0 Å². The molecule has 0 aromatic heterocycles. The van der Waals surface area contributed by atoms with E-state index in [9.17, 15) is 0 Å². The average Bonchev–Trinajstić information content (AvgIpc) is 1.98. The van der Waals surface area contributed by atoms with E-state index in [2.05, 4.69) is 54.7 Å². The van der Waals surface area contributed by atoms with Crippen LogP contribution < -0.4 is 0 Å². The molecule has 1 saturated carbocycles. The van der Waals surface area contributed by atoms with Gasteiger partial charge in [-0.1, -0.05) is 54.7 Å². The number of alkyl halides is 3. The zero-order chi connectivity index (χ0) is 8.48. The molecule has 1 rings (SSSR count). The van der Waals surface area contributed by atoms with Crippen LogP contribution in [0, 0.1) is 5.92 Å². The third-order valence-corrected chi connectivity index (χ3v) is 7.29. The van der Waals surface area contributed by atoms with E-state index < -0.39 is 0 Å². The van der Waals surface area contributed by atoms with E-state index in [1.54, 1.807) is 0 Å². The van der Waals surface area contributed by atoms with Crippen LogP contribution in [0.5, 0.6) is 0 Å². The molecule has 0 radical (unpaired) electrons. The normalized spacial score (nSPS) is 45.8. The summed E-state index contributed by atoms with van der Waals surface area (Å²) in [4.78, 5) is 0.623. The van der Waals surface area contributed by atoms with Crippen molar-refractivity contribution in [3.05, 3.63) is 0 Å². The molecule has 1 fully saturated rings. The smallest absolute Gasteiger partial charge is 0.0479 e. The molecule has 1 aliphatic rings. The first kappa shape index (κ1) is 10.5. The summed E-state index contributed by atoms with van der Waals surface area (Å²) >= 11 is 11.1. The van der Waals surface area contributed by atoms with Gasteiger partial charge in [-0.15, -0.1) is 0 Å². The summed E-state index contributed by atoms with van der Waals surface area (Å²) in [5.74, 6) is 0.879. The minimum Gasteiger partial charge on any atom is -0.0912 e. The third-order valence-electron chi connectivity index (χ3n) is 2.45. The molecule has 0 aromatic carbocycles. The molecule has 0 aromatic rings. The summed E-state index contributed by atoms with van der Waals surface area (Å²) < 4.78 is 0.305. The van der Waals surface area contributed by atoms with Crippen LogP contribution in [0.15, 0.2) is 0 Å². The van der Waals surface area contributed by atoms with E-state index in [0.29, 0.717) is 9.15 Å². The molecule has 3 heteroatoms. The second-order valence-electron chi connectivity index (χ2n) is 3.52. The quantitative estimate of drug-likeness (QED) is 0.626. The number of hydrogen-bond acceptors (Lipinski definition) is 0. The van der Waals surface area contributed by atoms with Crippen LogP contribution in [-0.2, 0) is 0 Å². The summed E-state index contributed by atoms with van der Waals surface area (Å²) in [6.07, 6.45) is 3.91. The predicted octanol–water partition coefficient (Wildman–Crippen LogP) is 4.10. The molecule has 11 heavy (non-hydrogen) atoms. The van der Waals surface area contributed by atoms with Crippen LogP contribution in [0.25, 0.3) is 0 Å². The number of hydrogen-bond donors (Lipinski definition) is 0. The van der Waals surface area contributed by atoms with Crippen molar-refractivity contribution in [3.8, 4) is 0 Å². The Morgan fingerprint density at radius 2 is 2.18 bits per heavy atom. The highest BCUT2D eigenvalue weighted by Gasteiger charge is 2.38. The standard InChI is InChI=1S/C8H13Br3/c1-6-2-3-8(11,5-9)7(10)4-6/h6-7H,2-5H2,1H3/t6-,7+,8-/m1/s1. The van der Waals surface area contributed by atoms with Gasteiger partial charge in [-0.05, 0) is 25.2 Å². The molecular weight excluding hydrogens is 336 g/mol. The minimum absolute atomic E-state index is 0.305. The molecule has 0 unspecified atom stereocenters. The van der Waals surface area contributed by atoms with Gasteiger partial charge in [0.25, 0.3) is 0 Å². The van der Waals surface area contributed by atoms with Crippen LogP contribution in [-0.4, -0.2) is 14.5 Å². The Hall–Kier alpha value is 1.44. The molecule has 66 valence electrons. The fraction of sp³-hybridized carbons (Fsp3) is 1.00. The van der Waals surface area contributed by atoms with Gasteiger partial charge in [0, 0.05) is 14.5 Å². The van der Waals surface area contributed by atoms with E-state index in [1.807, 2.05) is 0 Å². The second kappa shape index (κ2) is 4.10. The van der Waals surface area contributed by atoms with Crippen molar-refractivity contribution >= 4 is 47.8 Å². The van der Waals surface area contributed by atoms with Gasteiger partial charge in [0.15, 0.2) is 0 Å². The number of halogens is 3. The SMILES string of the molecule is C[C@@H]1CC[C@@](Br)(CBr)[C@@H](Br)C1. The van der Waals surface area contributed by atoms with E-state index in [0.717, 1.165) is 11.2 Å². The van der Waals surface area contributed by atoms with Gasteiger partial charge in [0.05, 0.1) is 0 Å². The minimum atomic E-state index is 0.305. The van der Waals surface area contributed by atoms with Crippen molar-refractivity contribution in [2.75, 3.05) is 5.33 Å². The molecular formula is C8H13Br3. The Morgan fingerprint density at radius 3 is 2.64 bits per heavy atom. The molecule has 0 heterocycles. The van der Waals surface area contributed by atoms with Crippen molar-refractivity contribution < 1.29 is 0 Å². The fourth-order valence-electron chi connectivity index (χ4n) is 1.48. The van der Waals surface area contributed by atoms with Gasteiger partial charge < -0.3 is 0 Å². The van der Waals surface area contributed by atoms with Crippen molar-refractivity contribution in [2.45, 2.75) is 35.3 Å². The third kappa shape index (κ3) is 2.44. The zero-order valence-electron chi connectivity index (χ0n) is 6.62. The molecule has 0 amide bonds. The van der Waals surface area contributed by atoms with Gasteiger partial charge >= 0.3 is 0 Å². The molecule has 0 nitrogen and oxygen atoms in total. The van der Waals surface area contributed by atoms with Gasteiger partial charge in [-0.25, -0.2) is 0 Å². The second-order valence-corrected chi connectivity index (χ2v) is 6.76. The first-order valence-electron chi connectivity index (χ1n) is 3.97. The van der Waals surface area contributed by atoms with Gasteiger partial charge in [0.1, 0.15) is 0 Å². The molecule has 0 saturated heterocycles. The van der Waals surface area contributed by atoms with E-state index in [-0.39, 0.29) is 0 Å². The molecule has 1 aliphatic carbocycles. The summed E-state index contributed by atoms with van der Waals surface area (Å²) in [5, 5.41) is 1.04. The lowest BCUT2D eigenvalue weighted by Crippen LogP contribution is -2.39. The van der Waals surface area contributed by atoms with Gasteiger partial charge in [-0.2, -0.15) is 0 Å². The summed E-state index contributed by atoms with van der Waals surface area (Å²) in [6, 6.07) is 0. The summed E-state index contributed by atoms with van der Waals surface area (Å²) in [6.45, 7) is 2.33. The largest absolute Gasteiger partial charge is 0.0912 e.